The molecule has 0 spiro atoms. The van der Waals surface area contributed by atoms with E-state index in [0.29, 0.717) is 17.7 Å². The number of carbonyl (C=O) groups excluding carboxylic acids is 2. The van der Waals surface area contributed by atoms with Gasteiger partial charge in [-0.15, -0.1) is 0 Å². The summed E-state index contributed by atoms with van der Waals surface area (Å²) in [6, 6.07) is 2.83. The van der Waals surface area contributed by atoms with Gasteiger partial charge in [-0.1, -0.05) is 12.1 Å². The second-order valence-electron chi connectivity index (χ2n) is 5.70. The average Bonchev–Trinajstić information content (AvgIpc) is 2.42. The minimum Gasteiger partial charge on any atom is -0.352 e. The number of urea groups is 1. The number of halogens is 3. The summed E-state index contributed by atoms with van der Waals surface area (Å²) in [5.41, 5.74) is 2.17. The highest BCUT2D eigenvalue weighted by atomic mass is 19.4. The van der Waals surface area contributed by atoms with Gasteiger partial charge in [-0.3, -0.25) is 4.79 Å². The van der Waals surface area contributed by atoms with Crippen LogP contribution in [-0.4, -0.2) is 42.1 Å². The fourth-order valence-electron chi connectivity index (χ4n) is 2.82. The standard InChI is InChI=1S/C15H16F3N3O2/c16-15(17,18)12-4-6-21(12)14(23)20-8-9-1-2-10-3-5-19-13(22)11(10)7-9/h1-2,7,12H,3-6,8H2,(H,19,22)(H,20,23). The van der Waals surface area contributed by atoms with E-state index in [1.165, 1.54) is 0 Å². The molecule has 1 atom stereocenters. The molecule has 3 amide bonds. The zero-order valence-electron chi connectivity index (χ0n) is 12.2. The smallest absolute Gasteiger partial charge is 0.352 e. The molecular formula is C15H16F3N3O2. The van der Waals surface area contributed by atoms with E-state index in [0.717, 1.165) is 16.9 Å². The Morgan fingerprint density at radius 3 is 2.83 bits per heavy atom. The molecular weight excluding hydrogens is 311 g/mol. The Morgan fingerprint density at radius 2 is 2.17 bits per heavy atom. The molecule has 2 aliphatic rings. The lowest BCUT2D eigenvalue weighted by molar-refractivity contribution is -0.198. The molecule has 1 fully saturated rings. The molecule has 5 nitrogen and oxygen atoms in total. The van der Waals surface area contributed by atoms with Gasteiger partial charge < -0.3 is 15.5 Å². The summed E-state index contributed by atoms with van der Waals surface area (Å²) in [4.78, 5) is 24.4. The van der Waals surface area contributed by atoms with Gasteiger partial charge >= 0.3 is 12.2 Å². The molecule has 0 radical (unpaired) electrons. The summed E-state index contributed by atoms with van der Waals surface area (Å²) in [7, 11) is 0. The van der Waals surface area contributed by atoms with Crippen LogP contribution in [-0.2, 0) is 13.0 Å². The van der Waals surface area contributed by atoms with Crippen molar-refractivity contribution >= 4 is 11.9 Å². The SMILES string of the molecule is O=C1NCCc2ccc(CNC(=O)N3CCC3C(F)(F)F)cc21. The van der Waals surface area contributed by atoms with E-state index in [9.17, 15) is 22.8 Å². The first-order valence-corrected chi connectivity index (χ1v) is 7.37. The van der Waals surface area contributed by atoms with Crippen molar-refractivity contribution in [1.29, 1.82) is 0 Å². The highest BCUT2D eigenvalue weighted by Crippen LogP contribution is 2.33. The topological polar surface area (TPSA) is 61.4 Å². The maximum absolute atomic E-state index is 12.6. The first-order valence-electron chi connectivity index (χ1n) is 7.37. The van der Waals surface area contributed by atoms with Gasteiger partial charge in [0.1, 0.15) is 6.04 Å². The Morgan fingerprint density at radius 1 is 1.39 bits per heavy atom. The van der Waals surface area contributed by atoms with Crippen LogP contribution in [0.5, 0.6) is 0 Å². The van der Waals surface area contributed by atoms with Crippen molar-refractivity contribution < 1.29 is 22.8 Å². The Labute approximate surface area is 130 Å². The van der Waals surface area contributed by atoms with E-state index < -0.39 is 18.2 Å². The lowest BCUT2D eigenvalue weighted by Crippen LogP contribution is -2.60. The van der Waals surface area contributed by atoms with Gasteiger partial charge in [0.05, 0.1) is 0 Å². The number of hydrogen-bond acceptors (Lipinski definition) is 2. The number of hydrogen-bond donors (Lipinski definition) is 2. The summed E-state index contributed by atoms with van der Waals surface area (Å²) in [6.45, 7) is 0.777. The van der Waals surface area contributed by atoms with Crippen LogP contribution in [0.1, 0.15) is 27.9 Å². The zero-order chi connectivity index (χ0) is 16.6. The normalized spacial score (nSPS) is 20.4. The molecule has 0 saturated carbocycles. The molecule has 0 aliphatic carbocycles. The number of amides is 3. The first-order chi connectivity index (χ1) is 10.9. The lowest BCUT2D eigenvalue weighted by Gasteiger charge is -2.41. The van der Waals surface area contributed by atoms with Gasteiger partial charge in [0.2, 0.25) is 0 Å². The van der Waals surface area contributed by atoms with Crippen LogP contribution >= 0.6 is 0 Å². The molecule has 124 valence electrons. The maximum Gasteiger partial charge on any atom is 0.408 e. The number of carbonyl (C=O) groups is 2. The third-order valence-electron chi connectivity index (χ3n) is 4.20. The van der Waals surface area contributed by atoms with Crippen molar-refractivity contribution in [2.45, 2.75) is 31.6 Å². The van der Waals surface area contributed by atoms with E-state index in [-0.39, 0.29) is 25.4 Å². The van der Waals surface area contributed by atoms with E-state index >= 15 is 0 Å². The van der Waals surface area contributed by atoms with Gasteiger partial charge in [-0.2, -0.15) is 13.2 Å². The van der Waals surface area contributed by atoms with Gasteiger partial charge in [-0.05, 0) is 30.0 Å². The molecule has 2 N–H and O–H groups in total. The Balaban J connectivity index is 1.62. The fraction of sp³-hybridized carbons (Fsp3) is 0.467. The number of rotatable bonds is 2. The van der Waals surface area contributed by atoms with Gasteiger partial charge in [0.15, 0.2) is 0 Å². The molecule has 2 heterocycles. The van der Waals surface area contributed by atoms with E-state index in [1.807, 2.05) is 6.07 Å². The maximum atomic E-state index is 12.6. The Kier molecular flexibility index (Phi) is 3.91. The number of nitrogens with zero attached hydrogens (tertiary/aromatic N) is 1. The molecule has 8 heteroatoms. The van der Waals surface area contributed by atoms with Crippen molar-refractivity contribution in [2.75, 3.05) is 13.1 Å². The molecule has 1 unspecified atom stereocenters. The summed E-state index contributed by atoms with van der Waals surface area (Å²) in [5.74, 6) is -0.167. The highest BCUT2D eigenvalue weighted by molar-refractivity contribution is 5.96. The van der Waals surface area contributed by atoms with Crippen LogP contribution in [0.4, 0.5) is 18.0 Å². The van der Waals surface area contributed by atoms with Crippen molar-refractivity contribution in [1.82, 2.24) is 15.5 Å². The molecule has 0 aromatic heterocycles. The summed E-state index contributed by atoms with van der Waals surface area (Å²) < 4.78 is 37.9. The summed E-state index contributed by atoms with van der Waals surface area (Å²) >= 11 is 0. The fourth-order valence-corrected chi connectivity index (χ4v) is 2.82. The molecule has 23 heavy (non-hydrogen) atoms. The number of nitrogens with one attached hydrogen (secondary N) is 2. The number of alkyl halides is 3. The second-order valence-corrected chi connectivity index (χ2v) is 5.70. The van der Waals surface area contributed by atoms with Crippen molar-refractivity contribution in [3.05, 3.63) is 34.9 Å². The minimum absolute atomic E-state index is 0.0596. The predicted octanol–water partition coefficient (Wildman–Crippen LogP) is 1.82. The van der Waals surface area contributed by atoms with Crippen molar-refractivity contribution in [3.8, 4) is 0 Å². The van der Waals surface area contributed by atoms with Crippen LogP contribution in [0, 0.1) is 0 Å². The van der Waals surface area contributed by atoms with E-state index in [2.05, 4.69) is 10.6 Å². The molecule has 3 rings (SSSR count). The molecule has 2 aliphatic heterocycles. The van der Waals surface area contributed by atoms with Crippen LogP contribution in [0.3, 0.4) is 0 Å². The van der Waals surface area contributed by atoms with Gasteiger partial charge in [0.25, 0.3) is 5.91 Å². The van der Waals surface area contributed by atoms with Gasteiger partial charge in [-0.25, -0.2) is 4.79 Å². The Hall–Kier alpha value is -2.25. The number of likely N-dealkylation sites (tertiary alicyclic amines) is 1. The molecule has 1 aromatic carbocycles. The van der Waals surface area contributed by atoms with Crippen LogP contribution in [0.25, 0.3) is 0 Å². The molecule has 1 saturated heterocycles. The van der Waals surface area contributed by atoms with Crippen LogP contribution < -0.4 is 10.6 Å². The third kappa shape index (κ3) is 3.11. The van der Waals surface area contributed by atoms with Crippen molar-refractivity contribution in [3.63, 3.8) is 0 Å². The third-order valence-corrected chi connectivity index (χ3v) is 4.20. The van der Waals surface area contributed by atoms with E-state index in [4.69, 9.17) is 0 Å². The van der Waals surface area contributed by atoms with Crippen molar-refractivity contribution in [2.24, 2.45) is 0 Å². The average molecular weight is 327 g/mol. The van der Waals surface area contributed by atoms with Gasteiger partial charge in [0, 0.05) is 25.2 Å². The predicted molar refractivity (Wildman–Crippen MR) is 75.9 cm³/mol. The second kappa shape index (κ2) is 5.75. The molecule has 1 aromatic rings. The zero-order valence-corrected chi connectivity index (χ0v) is 12.2. The quantitative estimate of drug-likeness (QED) is 0.870. The summed E-state index contributed by atoms with van der Waals surface area (Å²) in [5, 5.41) is 5.21. The van der Waals surface area contributed by atoms with Crippen LogP contribution in [0.15, 0.2) is 18.2 Å². The highest BCUT2D eigenvalue weighted by Gasteiger charge is 2.50. The monoisotopic (exact) mass is 327 g/mol. The minimum atomic E-state index is -4.39. The lowest BCUT2D eigenvalue weighted by atomic mass is 9.98. The number of benzene rings is 1. The largest absolute Gasteiger partial charge is 0.408 e. The van der Waals surface area contributed by atoms with Crippen LogP contribution in [0.2, 0.25) is 0 Å². The number of fused-ring (bicyclic) bond motifs is 1. The first kappa shape index (κ1) is 15.6. The summed E-state index contributed by atoms with van der Waals surface area (Å²) in [6.07, 6.45) is -3.70. The molecule has 0 bridgehead atoms. The van der Waals surface area contributed by atoms with E-state index in [1.54, 1.807) is 12.1 Å². The Bertz CT molecular complexity index is 645.